The SMILES string of the molecule is Cc1cc(Nc2nccc(C(F)(F)F)n2)cc(-c2cnc(C3(O)C4CC5CC(C4)C(C(=O)O)C3C5)s2)c1. The van der Waals surface area contributed by atoms with Gasteiger partial charge in [-0.05, 0) is 79.7 Å². The molecule has 4 aliphatic carbocycles. The highest BCUT2D eigenvalue weighted by atomic mass is 32.1. The first-order valence-electron chi connectivity index (χ1n) is 12.2. The van der Waals surface area contributed by atoms with Crippen LogP contribution in [-0.2, 0) is 16.6 Å². The number of anilines is 2. The van der Waals surface area contributed by atoms with Gasteiger partial charge in [0.1, 0.15) is 16.3 Å². The van der Waals surface area contributed by atoms with Crippen molar-refractivity contribution >= 4 is 28.9 Å². The molecule has 0 spiro atoms. The first kappa shape index (κ1) is 24.3. The molecule has 4 aliphatic rings. The highest BCUT2D eigenvalue weighted by Gasteiger charge is 2.64. The van der Waals surface area contributed by atoms with E-state index in [1.165, 1.54) is 11.3 Å². The van der Waals surface area contributed by atoms with Crippen LogP contribution in [0.15, 0.2) is 36.7 Å². The van der Waals surface area contributed by atoms with Crippen LogP contribution >= 0.6 is 11.3 Å². The lowest BCUT2D eigenvalue weighted by atomic mass is 9.46. The van der Waals surface area contributed by atoms with E-state index in [1.807, 2.05) is 13.0 Å². The van der Waals surface area contributed by atoms with Crippen molar-refractivity contribution in [2.24, 2.45) is 29.6 Å². The van der Waals surface area contributed by atoms with Gasteiger partial charge in [-0.3, -0.25) is 4.79 Å². The molecule has 0 radical (unpaired) electrons. The fourth-order valence-corrected chi connectivity index (χ4v) is 8.06. The van der Waals surface area contributed by atoms with Gasteiger partial charge in [0, 0.05) is 24.0 Å². The first-order valence-corrected chi connectivity index (χ1v) is 13.0. The second kappa shape index (κ2) is 8.49. The second-order valence-electron chi connectivity index (χ2n) is 10.6. The van der Waals surface area contributed by atoms with Crippen LogP contribution in [0, 0.1) is 36.5 Å². The minimum absolute atomic E-state index is 0.00241. The van der Waals surface area contributed by atoms with Crippen molar-refractivity contribution in [1.29, 1.82) is 0 Å². The highest BCUT2D eigenvalue weighted by Crippen LogP contribution is 2.64. The van der Waals surface area contributed by atoms with Crippen molar-refractivity contribution in [3.8, 4) is 10.4 Å². The van der Waals surface area contributed by atoms with Crippen molar-refractivity contribution in [2.45, 2.75) is 44.4 Å². The zero-order valence-electron chi connectivity index (χ0n) is 19.9. The molecule has 6 unspecified atom stereocenters. The number of alkyl halides is 3. The number of carbonyl (C=O) groups is 1. The molecule has 37 heavy (non-hydrogen) atoms. The molecule has 1 aromatic carbocycles. The molecule has 3 aromatic rings. The minimum Gasteiger partial charge on any atom is -0.481 e. The van der Waals surface area contributed by atoms with Gasteiger partial charge in [0.2, 0.25) is 5.95 Å². The number of carboxylic acids is 1. The van der Waals surface area contributed by atoms with Crippen LogP contribution in [0.3, 0.4) is 0 Å². The number of aryl methyl sites for hydroxylation is 1. The van der Waals surface area contributed by atoms with Gasteiger partial charge in [-0.15, -0.1) is 11.3 Å². The second-order valence-corrected chi connectivity index (χ2v) is 11.6. The molecule has 194 valence electrons. The Morgan fingerprint density at radius 2 is 1.97 bits per heavy atom. The molecule has 11 heteroatoms. The molecule has 3 N–H and O–H groups in total. The molecule has 4 fully saturated rings. The number of aliphatic hydroxyl groups is 1. The largest absolute Gasteiger partial charge is 0.481 e. The average Bonchev–Trinajstić information content (AvgIpc) is 3.32. The van der Waals surface area contributed by atoms with E-state index in [0.29, 0.717) is 29.5 Å². The summed E-state index contributed by atoms with van der Waals surface area (Å²) in [5.41, 5.74) is -0.144. The highest BCUT2D eigenvalue weighted by molar-refractivity contribution is 7.15. The van der Waals surface area contributed by atoms with Gasteiger partial charge in [-0.25, -0.2) is 15.0 Å². The number of carboxylic acid groups (broad SMARTS) is 1. The Bertz CT molecular complexity index is 1380. The number of benzene rings is 1. The minimum atomic E-state index is -4.58. The first-order chi connectivity index (χ1) is 17.5. The van der Waals surface area contributed by atoms with E-state index in [4.69, 9.17) is 0 Å². The van der Waals surface area contributed by atoms with Crippen molar-refractivity contribution in [3.63, 3.8) is 0 Å². The normalized spacial score (nSPS) is 30.5. The maximum absolute atomic E-state index is 13.0. The predicted molar refractivity (Wildman–Crippen MR) is 130 cm³/mol. The Labute approximate surface area is 214 Å². The molecule has 6 atom stereocenters. The number of halogens is 3. The molecular weight excluding hydrogens is 505 g/mol. The van der Waals surface area contributed by atoms with Crippen LogP contribution in [0.2, 0.25) is 0 Å². The summed E-state index contributed by atoms with van der Waals surface area (Å²) in [7, 11) is 0. The Hall–Kier alpha value is -3.05. The molecule has 7 nitrogen and oxygen atoms in total. The Kier molecular flexibility index (Phi) is 5.57. The topological polar surface area (TPSA) is 108 Å². The zero-order valence-corrected chi connectivity index (χ0v) is 20.7. The fraction of sp³-hybridized carbons (Fsp3) is 0.462. The molecule has 2 heterocycles. The van der Waals surface area contributed by atoms with E-state index >= 15 is 0 Å². The Balaban J connectivity index is 1.31. The predicted octanol–water partition coefficient (Wildman–Crippen LogP) is 5.63. The Morgan fingerprint density at radius 1 is 1.16 bits per heavy atom. The monoisotopic (exact) mass is 530 g/mol. The number of nitrogens with zero attached hydrogens (tertiary/aromatic N) is 3. The van der Waals surface area contributed by atoms with Gasteiger partial charge in [-0.2, -0.15) is 13.2 Å². The Morgan fingerprint density at radius 3 is 2.73 bits per heavy atom. The summed E-state index contributed by atoms with van der Waals surface area (Å²) in [6, 6.07) is 6.29. The van der Waals surface area contributed by atoms with Crippen molar-refractivity contribution in [1.82, 2.24) is 15.0 Å². The molecule has 7 rings (SSSR count). The standard InChI is InChI=1S/C26H25F3N4O3S/c1-12-4-14(10-17(5-12)32-24-30-3-2-20(33-24)26(27,28)29)19-11-31-23(37-19)25(36)16-7-13-6-15(9-16)21(22(34)35)18(25)8-13/h2-5,10-11,13,15-16,18,21,36H,6-9H2,1H3,(H,34,35)(H,30,32,33). The number of rotatable bonds is 5. The van der Waals surface area contributed by atoms with E-state index in [0.717, 1.165) is 41.1 Å². The van der Waals surface area contributed by atoms with Gasteiger partial charge < -0.3 is 15.5 Å². The molecule has 2 aromatic heterocycles. The summed E-state index contributed by atoms with van der Waals surface area (Å²) in [6.07, 6.45) is 1.38. The van der Waals surface area contributed by atoms with Crippen LogP contribution in [0.4, 0.5) is 24.8 Å². The summed E-state index contributed by atoms with van der Waals surface area (Å²) in [6.45, 7) is 1.87. The smallest absolute Gasteiger partial charge is 0.433 e. The van der Waals surface area contributed by atoms with E-state index in [-0.39, 0.29) is 23.7 Å². The van der Waals surface area contributed by atoms with Gasteiger partial charge in [0.05, 0.1) is 10.8 Å². The van der Waals surface area contributed by atoms with Crippen LogP contribution in [0.1, 0.15) is 41.9 Å². The number of aliphatic carboxylic acids is 1. The third kappa shape index (κ3) is 4.08. The van der Waals surface area contributed by atoms with Crippen LogP contribution in [-0.4, -0.2) is 31.1 Å². The molecule has 4 bridgehead atoms. The number of hydrogen-bond donors (Lipinski definition) is 3. The lowest BCUT2D eigenvalue weighted by molar-refractivity contribution is -0.215. The summed E-state index contributed by atoms with van der Waals surface area (Å²) in [5.74, 6) is -1.34. The molecule has 0 amide bonds. The van der Waals surface area contributed by atoms with E-state index in [2.05, 4.69) is 20.3 Å². The summed E-state index contributed by atoms with van der Waals surface area (Å²) in [4.78, 5) is 25.0. The van der Waals surface area contributed by atoms with Crippen LogP contribution < -0.4 is 5.32 Å². The number of thiazole rings is 1. The number of nitrogens with one attached hydrogen (secondary N) is 1. The maximum Gasteiger partial charge on any atom is 0.433 e. The fourth-order valence-electron chi connectivity index (χ4n) is 6.92. The molecule has 4 saturated carbocycles. The van der Waals surface area contributed by atoms with Crippen molar-refractivity contribution in [3.05, 3.63) is 52.9 Å². The van der Waals surface area contributed by atoms with Crippen LogP contribution in [0.25, 0.3) is 10.4 Å². The summed E-state index contributed by atoms with van der Waals surface area (Å²) in [5, 5.41) is 25.3. The third-order valence-corrected chi connectivity index (χ3v) is 9.44. The quantitative estimate of drug-likeness (QED) is 0.393. The van der Waals surface area contributed by atoms with Crippen molar-refractivity contribution < 1.29 is 28.2 Å². The van der Waals surface area contributed by atoms with Gasteiger partial charge in [0.15, 0.2) is 0 Å². The zero-order chi connectivity index (χ0) is 26.1. The lowest BCUT2D eigenvalue weighted by Gasteiger charge is -2.60. The van der Waals surface area contributed by atoms with Crippen molar-refractivity contribution in [2.75, 3.05) is 5.32 Å². The van der Waals surface area contributed by atoms with E-state index in [9.17, 15) is 28.2 Å². The maximum atomic E-state index is 13.0. The molecule has 0 saturated heterocycles. The molecule has 0 aliphatic heterocycles. The van der Waals surface area contributed by atoms with Gasteiger partial charge >= 0.3 is 12.1 Å². The van der Waals surface area contributed by atoms with E-state index < -0.39 is 29.4 Å². The number of aromatic nitrogens is 3. The van der Waals surface area contributed by atoms with Crippen LogP contribution in [0.5, 0.6) is 0 Å². The third-order valence-electron chi connectivity index (χ3n) is 8.25. The summed E-state index contributed by atoms with van der Waals surface area (Å²) >= 11 is 1.35. The van der Waals surface area contributed by atoms with E-state index in [1.54, 1.807) is 18.3 Å². The van der Waals surface area contributed by atoms with Gasteiger partial charge in [0.25, 0.3) is 0 Å². The molecular formula is C26H25F3N4O3S. The number of hydrogen-bond acceptors (Lipinski definition) is 7. The lowest BCUT2D eigenvalue weighted by Crippen LogP contribution is -2.61. The van der Waals surface area contributed by atoms with Gasteiger partial charge in [-0.1, -0.05) is 6.07 Å². The summed E-state index contributed by atoms with van der Waals surface area (Å²) < 4.78 is 39.1. The average molecular weight is 531 g/mol.